The van der Waals surface area contributed by atoms with E-state index in [1.807, 2.05) is 23.3 Å². The minimum atomic E-state index is 0.170. The number of aromatic nitrogens is 1. The predicted octanol–water partition coefficient (Wildman–Crippen LogP) is 0.649. The van der Waals surface area contributed by atoms with Crippen LogP contribution in [0.4, 0.5) is 0 Å². The molecule has 1 fully saturated rings. The molecule has 2 unspecified atom stereocenters. The summed E-state index contributed by atoms with van der Waals surface area (Å²) in [7, 11) is 0. The largest absolute Gasteiger partial charge is 0.375 e. The van der Waals surface area contributed by atoms with Crippen LogP contribution < -0.4 is 11.3 Å². The Kier molecular flexibility index (Phi) is 4.40. The zero-order chi connectivity index (χ0) is 10.5. The highest BCUT2D eigenvalue weighted by Gasteiger charge is 2.24. The number of hydrazine groups is 1. The van der Waals surface area contributed by atoms with Gasteiger partial charge in [-0.15, -0.1) is 11.3 Å². The van der Waals surface area contributed by atoms with E-state index in [0.29, 0.717) is 0 Å². The molecule has 2 atom stereocenters. The van der Waals surface area contributed by atoms with Crippen LogP contribution in [0.15, 0.2) is 11.6 Å². The van der Waals surface area contributed by atoms with Crippen molar-refractivity contribution in [1.29, 1.82) is 0 Å². The van der Waals surface area contributed by atoms with Crippen molar-refractivity contribution in [3.05, 3.63) is 16.6 Å². The fourth-order valence-corrected chi connectivity index (χ4v) is 3.20. The smallest absolute Gasteiger partial charge is 0.0941 e. The molecule has 3 N–H and O–H groups in total. The minimum absolute atomic E-state index is 0.170. The summed E-state index contributed by atoms with van der Waals surface area (Å²) in [4.78, 5) is 4.26. The second-order valence-electron chi connectivity index (χ2n) is 3.39. The molecule has 1 aliphatic rings. The number of hydrogen-bond donors (Lipinski definition) is 2. The third-order valence-corrected chi connectivity index (χ3v) is 4.20. The summed E-state index contributed by atoms with van der Waals surface area (Å²) in [6.07, 6.45) is 2.88. The van der Waals surface area contributed by atoms with Crippen LogP contribution >= 0.6 is 23.1 Å². The van der Waals surface area contributed by atoms with Crippen molar-refractivity contribution < 1.29 is 4.74 Å². The van der Waals surface area contributed by atoms with Crippen molar-refractivity contribution in [3.8, 4) is 0 Å². The van der Waals surface area contributed by atoms with Crippen molar-refractivity contribution in [2.45, 2.75) is 18.6 Å². The zero-order valence-electron chi connectivity index (χ0n) is 8.39. The van der Waals surface area contributed by atoms with Gasteiger partial charge in [0.15, 0.2) is 0 Å². The fourth-order valence-electron chi connectivity index (χ4n) is 1.58. The Morgan fingerprint density at radius 3 is 3.27 bits per heavy atom. The Hall–Kier alpha value is -0.140. The van der Waals surface area contributed by atoms with Crippen molar-refractivity contribution in [2.75, 3.05) is 18.1 Å². The van der Waals surface area contributed by atoms with E-state index < -0.39 is 0 Å². The highest BCUT2D eigenvalue weighted by molar-refractivity contribution is 7.99. The van der Waals surface area contributed by atoms with Gasteiger partial charge in [-0.1, -0.05) is 0 Å². The van der Waals surface area contributed by atoms with Gasteiger partial charge in [-0.3, -0.25) is 11.3 Å². The molecule has 0 amide bonds. The van der Waals surface area contributed by atoms with Gasteiger partial charge in [0.1, 0.15) is 0 Å². The zero-order valence-corrected chi connectivity index (χ0v) is 10.0. The average molecular weight is 245 g/mol. The van der Waals surface area contributed by atoms with E-state index in [1.54, 1.807) is 11.3 Å². The van der Waals surface area contributed by atoms with Crippen LogP contribution in [-0.4, -0.2) is 35.2 Å². The SMILES string of the molecule is NNC(Cc1nccs1)C1CSCCO1. The van der Waals surface area contributed by atoms with Crippen LogP contribution in [0.5, 0.6) is 0 Å². The number of ether oxygens (including phenoxy) is 1. The van der Waals surface area contributed by atoms with Crippen molar-refractivity contribution in [1.82, 2.24) is 10.4 Å². The quantitative estimate of drug-likeness (QED) is 0.602. The lowest BCUT2D eigenvalue weighted by Gasteiger charge is -2.29. The molecule has 84 valence electrons. The molecular weight excluding hydrogens is 230 g/mol. The lowest BCUT2D eigenvalue weighted by Crippen LogP contribution is -2.49. The number of thioether (sulfide) groups is 1. The number of hydrogen-bond acceptors (Lipinski definition) is 6. The number of nitrogens with one attached hydrogen (secondary N) is 1. The molecule has 1 saturated heterocycles. The first-order valence-corrected chi connectivity index (χ1v) is 6.97. The van der Waals surface area contributed by atoms with E-state index >= 15 is 0 Å². The number of rotatable bonds is 4. The summed E-state index contributed by atoms with van der Waals surface area (Å²) in [6, 6.07) is 0.170. The Morgan fingerprint density at radius 2 is 2.67 bits per heavy atom. The molecule has 0 radical (unpaired) electrons. The van der Waals surface area contributed by atoms with Crippen LogP contribution in [0.1, 0.15) is 5.01 Å². The molecule has 0 spiro atoms. The minimum Gasteiger partial charge on any atom is -0.375 e. The maximum atomic E-state index is 5.69. The molecule has 15 heavy (non-hydrogen) atoms. The van der Waals surface area contributed by atoms with Crippen LogP contribution in [0.25, 0.3) is 0 Å². The second-order valence-corrected chi connectivity index (χ2v) is 5.52. The van der Waals surface area contributed by atoms with Crippen LogP contribution in [0.2, 0.25) is 0 Å². The Morgan fingerprint density at radius 1 is 1.73 bits per heavy atom. The molecule has 0 aromatic carbocycles. The predicted molar refractivity (Wildman–Crippen MR) is 64.0 cm³/mol. The van der Waals surface area contributed by atoms with E-state index in [2.05, 4.69) is 10.4 Å². The first-order chi connectivity index (χ1) is 7.40. The third kappa shape index (κ3) is 3.15. The molecule has 4 nitrogen and oxygen atoms in total. The van der Waals surface area contributed by atoms with E-state index in [-0.39, 0.29) is 12.1 Å². The van der Waals surface area contributed by atoms with E-state index in [0.717, 1.165) is 29.5 Å². The number of thiazole rings is 1. The summed E-state index contributed by atoms with van der Waals surface area (Å²) >= 11 is 3.58. The van der Waals surface area contributed by atoms with Crippen molar-refractivity contribution in [3.63, 3.8) is 0 Å². The van der Waals surface area contributed by atoms with Crippen LogP contribution in [0.3, 0.4) is 0 Å². The normalized spacial score (nSPS) is 23.9. The Labute approximate surface area is 97.6 Å². The summed E-state index contributed by atoms with van der Waals surface area (Å²) in [5, 5.41) is 3.09. The summed E-state index contributed by atoms with van der Waals surface area (Å²) in [5.41, 5.74) is 2.84. The van der Waals surface area contributed by atoms with Gasteiger partial charge in [0.2, 0.25) is 0 Å². The molecule has 1 aromatic heterocycles. The highest BCUT2D eigenvalue weighted by Crippen LogP contribution is 2.18. The summed E-state index contributed by atoms with van der Waals surface area (Å²) in [6.45, 7) is 0.825. The second kappa shape index (κ2) is 5.81. The molecule has 2 rings (SSSR count). The lowest BCUT2D eigenvalue weighted by atomic mass is 10.1. The van der Waals surface area contributed by atoms with Crippen LogP contribution in [-0.2, 0) is 11.2 Å². The molecule has 1 aromatic rings. The lowest BCUT2D eigenvalue weighted by molar-refractivity contribution is 0.0472. The molecule has 2 heterocycles. The van der Waals surface area contributed by atoms with E-state index in [4.69, 9.17) is 10.6 Å². The summed E-state index contributed by atoms with van der Waals surface area (Å²) in [5.74, 6) is 7.66. The molecule has 0 saturated carbocycles. The van der Waals surface area contributed by atoms with Gasteiger partial charge in [-0.05, 0) is 0 Å². The van der Waals surface area contributed by atoms with Gasteiger partial charge < -0.3 is 4.74 Å². The first kappa shape index (κ1) is 11.3. The van der Waals surface area contributed by atoms with Crippen LogP contribution in [0, 0.1) is 0 Å². The molecule has 1 aliphatic heterocycles. The van der Waals surface area contributed by atoms with Gasteiger partial charge in [0.05, 0.1) is 23.8 Å². The van der Waals surface area contributed by atoms with Gasteiger partial charge in [0, 0.05) is 29.5 Å². The first-order valence-electron chi connectivity index (χ1n) is 4.94. The molecule has 0 aliphatic carbocycles. The van der Waals surface area contributed by atoms with Gasteiger partial charge in [-0.25, -0.2) is 4.98 Å². The molecule has 6 heteroatoms. The van der Waals surface area contributed by atoms with Gasteiger partial charge in [-0.2, -0.15) is 11.8 Å². The van der Waals surface area contributed by atoms with Crippen molar-refractivity contribution >= 4 is 23.1 Å². The van der Waals surface area contributed by atoms with Gasteiger partial charge in [0.25, 0.3) is 0 Å². The number of nitrogens with two attached hydrogens (primary N) is 1. The topological polar surface area (TPSA) is 60.2 Å². The third-order valence-electron chi connectivity index (χ3n) is 2.38. The Bertz CT molecular complexity index is 275. The van der Waals surface area contributed by atoms with E-state index in [9.17, 15) is 0 Å². The monoisotopic (exact) mass is 245 g/mol. The summed E-state index contributed by atoms with van der Waals surface area (Å²) < 4.78 is 5.69. The molecule has 0 bridgehead atoms. The maximum absolute atomic E-state index is 5.69. The van der Waals surface area contributed by atoms with Crippen molar-refractivity contribution in [2.24, 2.45) is 5.84 Å². The van der Waals surface area contributed by atoms with Gasteiger partial charge >= 0.3 is 0 Å². The standard InChI is InChI=1S/C9H15N3OS2/c10-12-7(5-9-11-1-3-15-9)8-6-14-4-2-13-8/h1,3,7-8,12H,2,4-6,10H2. The maximum Gasteiger partial charge on any atom is 0.0941 e. The number of nitrogens with zero attached hydrogens (tertiary/aromatic N) is 1. The Balaban J connectivity index is 1.91. The average Bonchev–Trinajstić information content (AvgIpc) is 2.80. The molecular formula is C9H15N3OS2. The van der Waals surface area contributed by atoms with E-state index in [1.165, 1.54) is 0 Å². The fraction of sp³-hybridized carbons (Fsp3) is 0.667. The highest BCUT2D eigenvalue weighted by atomic mass is 32.2.